The number of rotatable bonds is 6. The second-order valence-electron chi connectivity index (χ2n) is 8.41. The molecule has 0 bridgehead atoms. The third kappa shape index (κ3) is 4.12. The number of hydrogen-bond acceptors (Lipinski definition) is 5. The summed E-state index contributed by atoms with van der Waals surface area (Å²) in [5.74, 6) is 1.06. The molecule has 1 fully saturated rings. The predicted octanol–water partition coefficient (Wildman–Crippen LogP) is 3.46. The van der Waals surface area contributed by atoms with E-state index in [1.165, 1.54) is 0 Å². The molecule has 0 spiro atoms. The minimum Gasteiger partial charge on any atom is -0.336 e. The number of carbonyl (C=O) groups excluding carboxylic acids is 1. The minimum atomic E-state index is 0.0493. The molecule has 1 aliphatic heterocycles. The van der Waals surface area contributed by atoms with E-state index in [1.54, 1.807) is 18.7 Å². The molecule has 0 radical (unpaired) electrons. The number of fused-ring (bicyclic) bond motifs is 1. The molecule has 1 saturated heterocycles. The number of amides is 1. The Morgan fingerprint density at radius 3 is 2.88 bits per heavy atom. The molecule has 1 amide bonds. The van der Waals surface area contributed by atoms with E-state index in [-0.39, 0.29) is 11.9 Å². The SMILES string of the molecule is Cc1nccn1CCC1CCCCN1C(=O)c1cnc2c(c1)ncn2Cc1cccnc1. The molecule has 4 aromatic rings. The summed E-state index contributed by atoms with van der Waals surface area (Å²) in [5, 5.41) is 0. The van der Waals surface area contributed by atoms with E-state index >= 15 is 0 Å². The summed E-state index contributed by atoms with van der Waals surface area (Å²) in [5.41, 5.74) is 3.20. The first-order chi connectivity index (χ1) is 15.7. The van der Waals surface area contributed by atoms with Gasteiger partial charge in [-0.2, -0.15) is 0 Å². The average Bonchev–Trinajstić information content (AvgIpc) is 3.43. The topological polar surface area (TPSA) is 81.7 Å². The molecule has 4 aromatic heterocycles. The molecule has 5 rings (SSSR count). The molecule has 8 nitrogen and oxygen atoms in total. The van der Waals surface area contributed by atoms with Gasteiger partial charge < -0.3 is 14.0 Å². The molecule has 32 heavy (non-hydrogen) atoms. The molecule has 5 heterocycles. The highest BCUT2D eigenvalue weighted by atomic mass is 16.2. The average molecular weight is 430 g/mol. The lowest BCUT2D eigenvalue weighted by Gasteiger charge is -2.36. The Kier molecular flexibility index (Phi) is 5.66. The fraction of sp³-hybridized carbons (Fsp3) is 0.375. The molecule has 0 saturated carbocycles. The van der Waals surface area contributed by atoms with Crippen LogP contribution in [0.25, 0.3) is 11.2 Å². The van der Waals surface area contributed by atoms with Crippen LogP contribution in [-0.2, 0) is 13.1 Å². The highest BCUT2D eigenvalue weighted by molar-refractivity contribution is 5.96. The van der Waals surface area contributed by atoms with Crippen LogP contribution in [0.15, 0.2) is 55.5 Å². The summed E-state index contributed by atoms with van der Waals surface area (Å²) in [4.78, 5) is 33.0. The van der Waals surface area contributed by atoms with Gasteiger partial charge in [-0.3, -0.25) is 9.78 Å². The summed E-state index contributed by atoms with van der Waals surface area (Å²) in [6, 6.07) is 6.05. The van der Waals surface area contributed by atoms with E-state index < -0.39 is 0 Å². The fourth-order valence-corrected chi connectivity index (χ4v) is 4.53. The van der Waals surface area contributed by atoms with Crippen LogP contribution in [-0.4, -0.2) is 52.5 Å². The zero-order chi connectivity index (χ0) is 21.9. The number of imidazole rings is 2. The first-order valence-electron chi connectivity index (χ1n) is 11.2. The Morgan fingerprint density at radius 2 is 2.06 bits per heavy atom. The van der Waals surface area contributed by atoms with Crippen molar-refractivity contribution < 1.29 is 4.79 Å². The lowest BCUT2D eigenvalue weighted by Crippen LogP contribution is -2.44. The molecule has 0 N–H and O–H groups in total. The third-order valence-electron chi connectivity index (χ3n) is 6.29. The van der Waals surface area contributed by atoms with Gasteiger partial charge in [-0.05, 0) is 50.3 Å². The van der Waals surface area contributed by atoms with Gasteiger partial charge in [0, 0.05) is 50.1 Å². The van der Waals surface area contributed by atoms with E-state index in [4.69, 9.17) is 0 Å². The molecule has 1 atom stereocenters. The van der Waals surface area contributed by atoms with Crippen molar-refractivity contribution in [2.75, 3.05) is 6.54 Å². The maximum Gasteiger partial charge on any atom is 0.255 e. The van der Waals surface area contributed by atoms with Gasteiger partial charge in [0.25, 0.3) is 5.91 Å². The molecular weight excluding hydrogens is 402 g/mol. The van der Waals surface area contributed by atoms with Crippen molar-refractivity contribution in [2.24, 2.45) is 0 Å². The fourth-order valence-electron chi connectivity index (χ4n) is 4.53. The van der Waals surface area contributed by atoms with Gasteiger partial charge in [0.1, 0.15) is 11.3 Å². The van der Waals surface area contributed by atoms with Crippen LogP contribution < -0.4 is 0 Å². The minimum absolute atomic E-state index is 0.0493. The van der Waals surface area contributed by atoms with Crippen molar-refractivity contribution in [3.05, 3.63) is 72.5 Å². The van der Waals surface area contributed by atoms with Gasteiger partial charge in [0.15, 0.2) is 5.65 Å². The van der Waals surface area contributed by atoms with E-state index in [0.29, 0.717) is 12.1 Å². The van der Waals surface area contributed by atoms with Crippen LogP contribution in [0.1, 0.15) is 47.4 Å². The third-order valence-corrected chi connectivity index (χ3v) is 6.29. The maximum atomic E-state index is 13.4. The van der Waals surface area contributed by atoms with Crippen molar-refractivity contribution in [3.63, 3.8) is 0 Å². The summed E-state index contributed by atoms with van der Waals surface area (Å²) in [6.07, 6.45) is 15.1. The Hall–Kier alpha value is -3.55. The number of pyridine rings is 2. The highest BCUT2D eigenvalue weighted by Gasteiger charge is 2.28. The number of aromatic nitrogens is 6. The summed E-state index contributed by atoms with van der Waals surface area (Å²) in [6.45, 7) is 4.32. The molecule has 164 valence electrons. The van der Waals surface area contributed by atoms with Crippen molar-refractivity contribution in [3.8, 4) is 0 Å². The first-order valence-corrected chi connectivity index (χ1v) is 11.2. The van der Waals surface area contributed by atoms with Crippen molar-refractivity contribution >= 4 is 17.1 Å². The normalized spacial score (nSPS) is 16.5. The van der Waals surface area contributed by atoms with Gasteiger partial charge in [-0.25, -0.2) is 15.0 Å². The molecule has 0 aliphatic carbocycles. The number of aryl methyl sites for hydroxylation is 2. The van der Waals surface area contributed by atoms with Crippen molar-refractivity contribution in [2.45, 2.75) is 51.7 Å². The Bertz CT molecular complexity index is 1210. The summed E-state index contributed by atoms with van der Waals surface area (Å²) in [7, 11) is 0. The van der Waals surface area contributed by atoms with Crippen molar-refractivity contribution in [1.29, 1.82) is 0 Å². The second kappa shape index (κ2) is 8.90. The van der Waals surface area contributed by atoms with Crippen LogP contribution in [0.5, 0.6) is 0 Å². The van der Waals surface area contributed by atoms with Gasteiger partial charge in [-0.1, -0.05) is 6.07 Å². The number of carbonyl (C=O) groups is 1. The molecular formula is C24H27N7O. The zero-order valence-corrected chi connectivity index (χ0v) is 18.3. The highest BCUT2D eigenvalue weighted by Crippen LogP contribution is 2.24. The van der Waals surface area contributed by atoms with E-state index in [0.717, 1.165) is 61.3 Å². The number of likely N-dealkylation sites (tertiary alicyclic amines) is 1. The smallest absolute Gasteiger partial charge is 0.255 e. The maximum absolute atomic E-state index is 13.4. The van der Waals surface area contributed by atoms with Crippen LogP contribution in [0, 0.1) is 6.92 Å². The van der Waals surface area contributed by atoms with Gasteiger partial charge in [-0.15, -0.1) is 0 Å². The molecule has 1 aliphatic rings. The van der Waals surface area contributed by atoms with E-state index in [2.05, 4.69) is 24.5 Å². The number of hydrogen-bond donors (Lipinski definition) is 0. The Morgan fingerprint density at radius 1 is 1.12 bits per heavy atom. The molecule has 1 unspecified atom stereocenters. The Balaban J connectivity index is 1.33. The largest absolute Gasteiger partial charge is 0.336 e. The van der Waals surface area contributed by atoms with Crippen LogP contribution in [0.2, 0.25) is 0 Å². The first kappa shape index (κ1) is 20.4. The number of nitrogens with zero attached hydrogens (tertiary/aromatic N) is 7. The quantitative estimate of drug-likeness (QED) is 0.469. The van der Waals surface area contributed by atoms with Gasteiger partial charge in [0.2, 0.25) is 0 Å². The van der Waals surface area contributed by atoms with E-state index in [9.17, 15) is 4.79 Å². The summed E-state index contributed by atoms with van der Waals surface area (Å²) >= 11 is 0. The van der Waals surface area contributed by atoms with Crippen molar-refractivity contribution in [1.82, 2.24) is 34.0 Å². The van der Waals surface area contributed by atoms with Crippen LogP contribution in [0.3, 0.4) is 0 Å². The molecule has 8 heteroatoms. The van der Waals surface area contributed by atoms with Gasteiger partial charge >= 0.3 is 0 Å². The summed E-state index contributed by atoms with van der Waals surface area (Å²) < 4.78 is 4.14. The van der Waals surface area contributed by atoms with Gasteiger partial charge in [0.05, 0.1) is 18.4 Å². The van der Waals surface area contributed by atoms with E-state index in [1.807, 2.05) is 53.2 Å². The van der Waals surface area contributed by atoms with Crippen LogP contribution in [0.4, 0.5) is 0 Å². The standard InChI is InChI=1S/C24H27N7O/c1-18-26-9-12-29(18)11-7-21-6-2-3-10-31(21)24(32)20-13-22-23(27-15-20)30(17-28-22)16-19-5-4-8-25-14-19/h4-5,8-9,12-15,17,21H,2-3,6-7,10-11,16H2,1H3. The molecule has 0 aromatic carbocycles. The number of piperidine rings is 1. The lowest BCUT2D eigenvalue weighted by molar-refractivity contribution is 0.0595. The zero-order valence-electron chi connectivity index (χ0n) is 18.3. The van der Waals surface area contributed by atoms with Crippen LogP contribution >= 0.6 is 0 Å². The lowest BCUT2D eigenvalue weighted by atomic mass is 9.98. The Labute approximate surface area is 187 Å². The predicted molar refractivity (Wildman–Crippen MR) is 121 cm³/mol. The second-order valence-corrected chi connectivity index (χ2v) is 8.41. The monoisotopic (exact) mass is 429 g/mol.